The van der Waals surface area contributed by atoms with Gasteiger partial charge in [0.1, 0.15) is 6.61 Å². The summed E-state index contributed by atoms with van der Waals surface area (Å²) in [4.78, 5) is 21.2. The van der Waals surface area contributed by atoms with Gasteiger partial charge in [-0.15, -0.1) is 0 Å². The molecule has 0 unspecified atom stereocenters. The van der Waals surface area contributed by atoms with E-state index in [2.05, 4.69) is 0 Å². The largest absolute Gasteiger partial charge is 0.379 e. The molecule has 0 aromatic heterocycles. The van der Waals surface area contributed by atoms with Crippen LogP contribution in [0.2, 0.25) is 0 Å². The van der Waals surface area contributed by atoms with E-state index in [4.69, 9.17) is 14.5 Å². The van der Waals surface area contributed by atoms with Crippen molar-refractivity contribution < 1.29 is 19.3 Å². The van der Waals surface area contributed by atoms with Gasteiger partial charge in [0.2, 0.25) is 0 Å². The molecule has 0 amide bonds. The van der Waals surface area contributed by atoms with E-state index in [0.29, 0.717) is 18.8 Å². The van der Waals surface area contributed by atoms with E-state index in [9.17, 15) is 4.79 Å². The lowest BCUT2D eigenvalue weighted by molar-refractivity contribution is -0.247. The molecule has 0 saturated heterocycles. The highest BCUT2D eigenvalue weighted by atomic mass is 17.2. The van der Waals surface area contributed by atoms with Gasteiger partial charge < -0.3 is 4.74 Å². The van der Waals surface area contributed by atoms with Crippen LogP contribution in [-0.4, -0.2) is 25.8 Å². The maximum Gasteiger partial charge on any atom is 0.373 e. The van der Waals surface area contributed by atoms with Crippen LogP contribution in [0.4, 0.5) is 0 Å². The van der Waals surface area contributed by atoms with E-state index in [0.717, 1.165) is 11.1 Å². The molecule has 110 valence electrons. The van der Waals surface area contributed by atoms with Crippen molar-refractivity contribution in [3.8, 4) is 11.1 Å². The van der Waals surface area contributed by atoms with Crippen molar-refractivity contribution in [1.29, 1.82) is 0 Å². The van der Waals surface area contributed by atoms with E-state index >= 15 is 0 Å². The Bertz CT molecular complexity index is 549. The number of carbonyl (C=O) groups excluding carboxylic acids is 1. The van der Waals surface area contributed by atoms with Crippen molar-refractivity contribution >= 4 is 5.97 Å². The molecule has 0 saturated carbocycles. The Labute approximate surface area is 124 Å². The lowest BCUT2D eigenvalue weighted by Gasteiger charge is -2.05. The number of hydrogen-bond donors (Lipinski definition) is 0. The van der Waals surface area contributed by atoms with Gasteiger partial charge in [-0.3, -0.25) is 4.89 Å². The van der Waals surface area contributed by atoms with E-state index in [-0.39, 0.29) is 6.61 Å². The first-order valence-electron chi connectivity index (χ1n) is 6.88. The van der Waals surface area contributed by atoms with Gasteiger partial charge in [0.05, 0.1) is 12.2 Å². The van der Waals surface area contributed by atoms with Crippen molar-refractivity contribution in [3.05, 3.63) is 60.2 Å². The highest BCUT2D eigenvalue weighted by Gasteiger charge is 2.08. The zero-order chi connectivity index (χ0) is 14.9. The standard InChI is InChI=1S/C17H18O4/c1-2-19-12-13-20-21-17(18)16-10-8-15(9-11-16)14-6-4-3-5-7-14/h3-11H,2,12-13H2,1H3. The first kappa shape index (κ1) is 15.2. The molecule has 0 bridgehead atoms. The third kappa shape index (κ3) is 4.70. The van der Waals surface area contributed by atoms with Gasteiger partial charge in [0, 0.05) is 6.61 Å². The lowest BCUT2D eigenvalue weighted by atomic mass is 10.0. The number of benzene rings is 2. The maximum atomic E-state index is 11.7. The highest BCUT2D eigenvalue weighted by Crippen LogP contribution is 2.19. The molecular formula is C17H18O4. The molecule has 0 heterocycles. The number of ether oxygens (including phenoxy) is 1. The average Bonchev–Trinajstić information content (AvgIpc) is 2.55. The molecule has 4 nitrogen and oxygen atoms in total. The highest BCUT2D eigenvalue weighted by molar-refractivity contribution is 5.89. The number of carbonyl (C=O) groups is 1. The third-order valence-corrected chi connectivity index (χ3v) is 2.88. The summed E-state index contributed by atoms with van der Waals surface area (Å²) in [5, 5.41) is 0. The summed E-state index contributed by atoms with van der Waals surface area (Å²) in [7, 11) is 0. The van der Waals surface area contributed by atoms with E-state index in [1.54, 1.807) is 12.1 Å². The molecule has 0 aliphatic heterocycles. The monoisotopic (exact) mass is 286 g/mol. The molecule has 0 aliphatic carbocycles. The second-order valence-electron chi connectivity index (χ2n) is 4.33. The minimum atomic E-state index is -0.508. The van der Waals surface area contributed by atoms with Crippen LogP contribution in [0.25, 0.3) is 11.1 Å². The van der Waals surface area contributed by atoms with Gasteiger partial charge in [-0.05, 0) is 30.2 Å². The quantitative estimate of drug-likeness (QED) is 0.444. The Morgan fingerprint density at radius 2 is 1.57 bits per heavy atom. The molecule has 4 heteroatoms. The minimum Gasteiger partial charge on any atom is -0.379 e. The summed E-state index contributed by atoms with van der Waals surface area (Å²) in [6.45, 7) is 3.12. The van der Waals surface area contributed by atoms with E-state index in [1.165, 1.54) is 0 Å². The zero-order valence-electron chi connectivity index (χ0n) is 12.0. The number of rotatable bonds is 7. The molecule has 0 atom stereocenters. The molecule has 0 aliphatic rings. The molecular weight excluding hydrogens is 268 g/mol. The van der Waals surface area contributed by atoms with Crippen LogP contribution in [0.15, 0.2) is 54.6 Å². The molecule has 2 aromatic rings. The van der Waals surface area contributed by atoms with Crippen molar-refractivity contribution in [3.63, 3.8) is 0 Å². The Balaban J connectivity index is 1.88. The van der Waals surface area contributed by atoms with E-state index < -0.39 is 5.97 Å². The lowest BCUT2D eigenvalue weighted by Crippen LogP contribution is -2.10. The Morgan fingerprint density at radius 1 is 0.905 bits per heavy atom. The summed E-state index contributed by atoms with van der Waals surface area (Å²) in [5.74, 6) is -0.508. The smallest absolute Gasteiger partial charge is 0.373 e. The van der Waals surface area contributed by atoms with Gasteiger partial charge in [0.15, 0.2) is 0 Å². The molecule has 0 spiro atoms. The van der Waals surface area contributed by atoms with Crippen molar-refractivity contribution in [2.24, 2.45) is 0 Å². The maximum absolute atomic E-state index is 11.7. The van der Waals surface area contributed by atoms with E-state index in [1.807, 2.05) is 49.4 Å². The summed E-state index contributed by atoms with van der Waals surface area (Å²) < 4.78 is 5.07. The van der Waals surface area contributed by atoms with Gasteiger partial charge in [-0.1, -0.05) is 42.5 Å². The zero-order valence-corrected chi connectivity index (χ0v) is 12.0. The Kier molecular flexibility index (Phi) is 5.94. The molecule has 21 heavy (non-hydrogen) atoms. The second-order valence-corrected chi connectivity index (χ2v) is 4.33. The van der Waals surface area contributed by atoms with Crippen molar-refractivity contribution in [2.75, 3.05) is 19.8 Å². The average molecular weight is 286 g/mol. The first-order chi connectivity index (χ1) is 10.3. The van der Waals surface area contributed by atoms with Gasteiger partial charge in [-0.2, -0.15) is 4.89 Å². The molecule has 2 rings (SSSR count). The van der Waals surface area contributed by atoms with Crippen LogP contribution in [0, 0.1) is 0 Å². The normalized spacial score (nSPS) is 10.3. The summed E-state index contributed by atoms with van der Waals surface area (Å²) in [6.07, 6.45) is 0. The molecule has 0 fully saturated rings. The van der Waals surface area contributed by atoms with Crippen LogP contribution < -0.4 is 0 Å². The topological polar surface area (TPSA) is 44.8 Å². The predicted octanol–water partition coefficient (Wildman–Crippen LogP) is 3.48. The fourth-order valence-electron chi connectivity index (χ4n) is 1.81. The number of hydrogen-bond acceptors (Lipinski definition) is 4. The van der Waals surface area contributed by atoms with Crippen LogP contribution in [0.5, 0.6) is 0 Å². The first-order valence-corrected chi connectivity index (χ1v) is 6.88. The van der Waals surface area contributed by atoms with Crippen LogP contribution in [0.1, 0.15) is 17.3 Å². The van der Waals surface area contributed by atoms with Crippen LogP contribution in [-0.2, 0) is 14.5 Å². The van der Waals surface area contributed by atoms with Crippen LogP contribution in [0.3, 0.4) is 0 Å². The third-order valence-electron chi connectivity index (χ3n) is 2.88. The fraction of sp³-hybridized carbons (Fsp3) is 0.235. The SMILES string of the molecule is CCOCCOOC(=O)c1ccc(-c2ccccc2)cc1. The fourth-order valence-corrected chi connectivity index (χ4v) is 1.81. The minimum absolute atomic E-state index is 0.224. The van der Waals surface area contributed by atoms with Gasteiger partial charge in [-0.25, -0.2) is 4.79 Å². The molecule has 0 radical (unpaired) electrons. The Hall–Kier alpha value is -2.17. The Morgan fingerprint density at radius 3 is 2.24 bits per heavy atom. The van der Waals surface area contributed by atoms with Gasteiger partial charge in [0.25, 0.3) is 0 Å². The summed E-state index contributed by atoms with van der Waals surface area (Å²) >= 11 is 0. The molecule has 2 aromatic carbocycles. The summed E-state index contributed by atoms with van der Waals surface area (Å²) in [5.41, 5.74) is 2.60. The van der Waals surface area contributed by atoms with Crippen molar-refractivity contribution in [2.45, 2.75) is 6.92 Å². The van der Waals surface area contributed by atoms with Crippen LogP contribution >= 0.6 is 0 Å². The second kappa shape index (κ2) is 8.19. The van der Waals surface area contributed by atoms with Crippen molar-refractivity contribution in [1.82, 2.24) is 0 Å². The summed E-state index contributed by atoms with van der Waals surface area (Å²) in [6, 6.07) is 17.2. The predicted molar refractivity (Wildman–Crippen MR) is 79.7 cm³/mol. The molecule has 0 N–H and O–H groups in total. The van der Waals surface area contributed by atoms with Gasteiger partial charge >= 0.3 is 5.97 Å².